The number of aromatic nitrogens is 2. The van der Waals surface area contributed by atoms with Gasteiger partial charge in [-0.1, -0.05) is 5.16 Å². The molecule has 1 aromatic rings. The summed E-state index contributed by atoms with van der Waals surface area (Å²) in [6, 6.07) is 0. The van der Waals surface area contributed by atoms with Crippen molar-refractivity contribution in [2.45, 2.75) is 13.3 Å². The predicted octanol–water partition coefficient (Wildman–Crippen LogP) is -1.49. The Hall–Kier alpha value is -2.12. The van der Waals surface area contributed by atoms with Crippen molar-refractivity contribution in [1.29, 1.82) is 0 Å². The number of hydrogen-bond acceptors (Lipinski definition) is 4. The van der Waals surface area contributed by atoms with Crippen LogP contribution in [0.4, 0.5) is 0 Å². The van der Waals surface area contributed by atoms with Gasteiger partial charge in [0.05, 0.1) is 6.54 Å². The van der Waals surface area contributed by atoms with Crippen LogP contribution in [0.2, 0.25) is 0 Å². The second-order valence-electron chi connectivity index (χ2n) is 2.76. The zero-order valence-corrected chi connectivity index (χ0v) is 8.34. The minimum absolute atomic E-state index is 0.0372. The zero-order chi connectivity index (χ0) is 11.3. The summed E-state index contributed by atoms with van der Waals surface area (Å²) >= 11 is 0. The first-order chi connectivity index (χ1) is 7.08. The third kappa shape index (κ3) is 4.07. The smallest absolute Gasteiger partial charge is 0.223 e. The second kappa shape index (κ2) is 4.94. The monoisotopic (exact) mass is 211 g/mol. The Labute approximate surface area is 86.3 Å². The molecule has 0 bridgehead atoms. The van der Waals surface area contributed by atoms with E-state index in [1.807, 2.05) is 0 Å². The summed E-state index contributed by atoms with van der Waals surface area (Å²) in [5, 5.41) is 3.69. The zero-order valence-electron chi connectivity index (χ0n) is 8.34. The van der Waals surface area contributed by atoms with Gasteiger partial charge in [-0.05, 0) is 0 Å². The lowest BCUT2D eigenvalue weighted by Crippen LogP contribution is -2.26. The highest BCUT2D eigenvalue weighted by Gasteiger charge is 2.00. The van der Waals surface area contributed by atoms with Crippen molar-refractivity contribution in [2.24, 2.45) is 27.2 Å². The molecule has 0 spiro atoms. The first kappa shape index (κ1) is 11.0. The maximum atomic E-state index is 5.38. The van der Waals surface area contributed by atoms with E-state index in [1.54, 1.807) is 6.92 Å². The van der Waals surface area contributed by atoms with E-state index in [2.05, 4.69) is 20.1 Å². The van der Waals surface area contributed by atoms with Crippen LogP contribution in [0.5, 0.6) is 0 Å². The molecule has 0 fully saturated rings. The van der Waals surface area contributed by atoms with E-state index in [9.17, 15) is 0 Å². The fraction of sp³-hybridized carbons (Fsp3) is 0.429. The number of hydrogen-bond donors (Lipinski definition) is 3. The summed E-state index contributed by atoms with van der Waals surface area (Å²) < 4.78 is 4.78. The van der Waals surface area contributed by atoms with E-state index in [0.29, 0.717) is 24.7 Å². The molecular weight excluding hydrogens is 198 g/mol. The Morgan fingerprint density at radius 2 is 2.13 bits per heavy atom. The fourth-order valence-corrected chi connectivity index (χ4v) is 0.881. The van der Waals surface area contributed by atoms with Crippen molar-refractivity contribution in [1.82, 2.24) is 10.1 Å². The maximum absolute atomic E-state index is 5.38. The summed E-state index contributed by atoms with van der Waals surface area (Å²) in [7, 11) is 0. The van der Waals surface area contributed by atoms with Crippen LogP contribution in [0, 0.1) is 6.92 Å². The topological polar surface area (TPSA) is 142 Å². The van der Waals surface area contributed by atoms with Crippen LogP contribution in [0.3, 0.4) is 0 Å². The van der Waals surface area contributed by atoms with Crippen LogP contribution >= 0.6 is 0 Å². The Bertz CT molecular complexity index is 376. The molecule has 6 N–H and O–H groups in total. The van der Waals surface area contributed by atoms with E-state index < -0.39 is 0 Å². The number of nitrogens with two attached hydrogens (primary N) is 3. The predicted molar refractivity (Wildman–Crippen MR) is 55.0 cm³/mol. The standard InChI is InChI=1S/C7H13N7O/c1-4-12-5(14-15-4)2-3-11-7(10)13-6(8)9/h2-3H2,1H3,(H6,8,9,10,11,13). The van der Waals surface area contributed by atoms with Crippen molar-refractivity contribution >= 4 is 11.9 Å². The lowest BCUT2D eigenvalue weighted by molar-refractivity contribution is 0.387. The molecule has 15 heavy (non-hydrogen) atoms. The fourth-order valence-electron chi connectivity index (χ4n) is 0.881. The summed E-state index contributed by atoms with van der Waals surface area (Å²) in [6.45, 7) is 2.12. The molecule has 0 aliphatic rings. The molecule has 0 aromatic carbocycles. The van der Waals surface area contributed by atoms with Crippen LogP contribution in [0.25, 0.3) is 0 Å². The van der Waals surface area contributed by atoms with Crippen LogP contribution in [-0.2, 0) is 6.42 Å². The molecule has 0 saturated heterocycles. The second-order valence-corrected chi connectivity index (χ2v) is 2.76. The molecule has 8 nitrogen and oxygen atoms in total. The highest BCUT2D eigenvalue weighted by atomic mass is 16.5. The van der Waals surface area contributed by atoms with Gasteiger partial charge in [0.1, 0.15) is 0 Å². The van der Waals surface area contributed by atoms with Gasteiger partial charge in [-0.2, -0.15) is 9.98 Å². The number of guanidine groups is 2. The molecular formula is C7H13N7O. The van der Waals surface area contributed by atoms with Gasteiger partial charge in [0.25, 0.3) is 0 Å². The summed E-state index contributed by atoms with van der Waals surface area (Å²) in [5.74, 6) is 1.02. The average Bonchev–Trinajstić information content (AvgIpc) is 2.50. The summed E-state index contributed by atoms with van der Waals surface area (Å²) in [4.78, 5) is 11.4. The Morgan fingerprint density at radius 1 is 1.40 bits per heavy atom. The summed E-state index contributed by atoms with van der Waals surface area (Å²) in [5.41, 5.74) is 15.6. The molecule has 1 rings (SSSR count). The third-order valence-corrected chi connectivity index (χ3v) is 1.42. The van der Waals surface area contributed by atoms with Crippen molar-refractivity contribution in [3.05, 3.63) is 11.7 Å². The number of rotatable bonds is 3. The number of aryl methyl sites for hydroxylation is 1. The minimum Gasteiger partial charge on any atom is -0.370 e. The first-order valence-electron chi connectivity index (χ1n) is 4.26. The quantitative estimate of drug-likeness (QED) is 0.410. The van der Waals surface area contributed by atoms with Gasteiger partial charge in [0.15, 0.2) is 11.8 Å². The molecule has 0 aliphatic heterocycles. The van der Waals surface area contributed by atoms with E-state index >= 15 is 0 Å². The molecule has 1 heterocycles. The van der Waals surface area contributed by atoms with E-state index in [1.165, 1.54) is 0 Å². The third-order valence-electron chi connectivity index (χ3n) is 1.42. The largest absolute Gasteiger partial charge is 0.370 e. The molecule has 0 amide bonds. The van der Waals surface area contributed by atoms with Crippen LogP contribution in [0.15, 0.2) is 14.5 Å². The van der Waals surface area contributed by atoms with Gasteiger partial charge >= 0.3 is 0 Å². The maximum Gasteiger partial charge on any atom is 0.223 e. The van der Waals surface area contributed by atoms with E-state index in [0.717, 1.165) is 0 Å². The molecule has 0 unspecified atom stereocenters. The highest BCUT2D eigenvalue weighted by molar-refractivity contribution is 5.92. The van der Waals surface area contributed by atoms with Crippen LogP contribution in [0.1, 0.15) is 11.7 Å². The molecule has 1 aromatic heterocycles. The van der Waals surface area contributed by atoms with Gasteiger partial charge in [0.2, 0.25) is 11.9 Å². The summed E-state index contributed by atoms with van der Waals surface area (Å²) in [6.07, 6.45) is 0.526. The number of aliphatic imine (C=N–C) groups is 2. The number of nitrogens with zero attached hydrogens (tertiary/aromatic N) is 4. The molecule has 82 valence electrons. The van der Waals surface area contributed by atoms with Crippen molar-refractivity contribution in [3.63, 3.8) is 0 Å². The minimum atomic E-state index is -0.119. The van der Waals surface area contributed by atoms with Gasteiger partial charge in [-0.15, -0.1) is 0 Å². The van der Waals surface area contributed by atoms with Gasteiger partial charge in [0, 0.05) is 13.3 Å². The first-order valence-corrected chi connectivity index (χ1v) is 4.26. The van der Waals surface area contributed by atoms with Gasteiger partial charge in [-0.3, -0.25) is 4.99 Å². The Kier molecular flexibility index (Phi) is 3.61. The molecule has 0 saturated carbocycles. The van der Waals surface area contributed by atoms with E-state index in [4.69, 9.17) is 21.7 Å². The van der Waals surface area contributed by atoms with Gasteiger partial charge in [-0.25, -0.2) is 0 Å². The van der Waals surface area contributed by atoms with E-state index in [-0.39, 0.29) is 11.9 Å². The molecule has 0 radical (unpaired) electrons. The lowest BCUT2D eigenvalue weighted by Gasteiger charge is -1.93. The Morgan fingerprint density at radius 3 is 2.67 bits per heavy atom. The normalized spacial score (nSPS) is 11.4. The van der Waals surface area contributed by atoms with Crippen LogP contribution in [-0.4, -0.2) is 28.6 Å². The lowest BCUT2D eigenvalue weighted by atomic mass is 10.4. The average molecular weight is 211 g/mol. The van der Waals surface area contributed by atoms with Gasteiger partial charge < -0.3 is 21.7 Å². The molecule has 0 atom stereocenters. The Balaban J connectivity index is 2.42. The SMILES string of the molecule is Cc1nc(CCN=C(N)N=C(N)N)no1. The van der Waals surface area contributed by atoms with Crippen molar-refractivity contribution < 1.29 is 4.52 Å². The van der Waals surface area contributed by atoms with Crippen molar-refractivity contribution in [3.8, 4) is 0 Å². The molecule has 0 aliphatic carbocycles. The highest BCUT2D eigenvalue weighted by Crippen LogP contribution is 1.95. The van der Waals surface area contributed by atoms with Crippen molar-refractivity contribution in [2.75, 3.05) is 6.54 Å². The molecule has 8 heteroatoms. The van der Waals surface area contributed by atoms with Crippen LogP contribution < -0.4 is 17.2 Å².